The van der Waals surface area contributed by atoms with Crippen LogP contribution >= 0.6 is 34.5 Å². The Bertz CT molecular complexity index is 878. The molecule has 2 aliphatic heterocycles. The van der Waals surface area contributed by atoms with E-state index in [4.69, 9.17) is 23.2 Å². The van der Waals surface area contributed by atoms with Crippen molar-refractivity contribution in [3.8, 4) is 0 Å². The van der Waals surface area contributed by atoms with Gasteiger partial charge in [0.25, 0.3) is 0 Å². The Balaban J connectivity index is 1.36. The highest BCUT2D eigenvalue weighted by atomic mass is 35.5. The number of hydrogen-bond donors (Lipinski definition) is 1. The normalized spacial score (nSPS) is 23.4. The minimum Gasteiger partial charge on any atom is -0.390 e. The molecule has 0 aliphatic carbocycles. The molecule has 0 spiro atoms. The molecule has 2 aliphatic rings. The Morgan fingerprint density at radius 1 is 1.06 bits per heavy atom. The zero-order valence-electron chi connectivity index (χ0n) is 20.0. The van der Waals surface area contributed by atoms with Crippen LogP contribution < -0.4 is 0 Å². The van der Waals surface area contributed by atoms with Crippen molar-refractivity contribution in [2.24, 2.45) is 11.8 Å². The van der Waals surface area contributed by atoms with E-state index in [1.54, 1.807) is 11.3 Å². The van der Waals surface area contributed by atoms with E-state index in [0.717, 1.165) is 69.1 Å². The van der Waals surface area contributed by atoms with E-state index >= 15 is 0 Å². The summed E-state index contributed by atoms with van der Waals surface area (Å²) in [6.45, 7) is 10.8. The second-order valence-electron chi connectivity index (χ2n) is 10.2. The SMILES string of the molecule is CCC(O)(CC)CC1CCN(CC2CN(Cc3ccc(Cl)cc3Cl)C[C@@H]2c2ccsc2)CC1. The molecular formula is C27H38Cl2N2OS. The molecule has 2 aromatic rings. The van der Waals surface area contributed by atoms with Gasteiger partial charge in [-0.05, 0) is 97.1 Å². The van der Waals surface area contributed by atoms with Gasteiger partial charge in [0, 0.05) is 42.1 Å². The Hall–Kier alpha value is -0.620. The molecule has 0 bridgehead atoms. The molecule has 4 rings (SSSR count). The van der Waals surface area contributed by atoms with Gasteiger partial charge in [-0.2, -0.15) is 11.3 Å². The van der Waals surface area contributed by atoms with Gasteiger partial charge in [0.2, 0.25) is 0 Å². The minimum atomic E-state index is -0.466. The number of nitrogens with zero attached hydrogens (tertiary/aromatic N) is 2. The zero-order chi connectivity index (χ0) is 23.4. The Kier molecular flexibility index (Phi) is 8.81. The van der Waals surface area contributed by atoms with Gasteiger partial charge in [-0.25, -0.2) is 0 Å². The summed E-state index contributed by atoms with van der Waals surface area (Å²) in [6, 6.07) is 8.17. The largest absolute Gasteiger partial charge is 0.390 e. The van der Waals surface area contributed by atoms with Crippen LogP contribution in [0.3, 0.4) is 0 Å². The lowest BCUT2D eigenvalue weighted by molar-refractivity contribution is -0.00287. The molecule has 1 unspecified atom stereocenters. The molecule has 3 nitrogen and oxygen atoms in total. The third-order valence-electron chi connectivity index (χ3n) is 8.08. The van der Waals surface area contributed by atoms with Gasteiger partial charge in [-0.3, -0.25) is 4.90 Å². The van der Waals surface area contributed by atoms with E-state index in [-0.39, 0.29) is 0 Å². The molecule has 0 amide bonds. The first-order valence-corrected chi connectivity index (χ1v) is 14.2. The van der Waals surface area contributed by atoms with Crippen LogP contribution in [0.2, 0.25) is 10.0 Å². The van der Waals surface area contributed by atoms with Crippen molar-refractivity contribution >= 4 is 34.5 Å². The third-order valence-corrected chi connectivity index (χ3v) is 9.37. The second-order valence-corrected chi connectivity index (χ2v) is 11.9. The lowest BCUT2D eigenvalue weighted by atomic mass is 9.81. The number of thiophene rings is 1. The van der Waals surface area contributed by atoms with Crippen molar-refractivity contribution in [2.45, 2.75) is 64.0 Å². The number of hydrogen-bond acceptors (Lipinski definition) is 4. The predicted molar refractivity (Wildman–Crippen MR) is 142 cm³/mol. The van der Waals surface area contributed by atoms with E-state index in [1.165, 1.54) is 18.4 Å². The molecule has 1 aromatic carbocycles. The monoisotopic (exact) mass is 508 g/mol. The van der Waals surface area contributed by atoms with E-state index in [1.807, 2.05) is 12.1 Å². The molecule has 0 radical (unpaired) electrons. The van der Waals surface area contributed by atoms with Gasteiger partial charge in [0.15, 0.2) is 0 Å². The van der Waals surface area contributed by atoms with Crippen molar-refractivity contribution < 1.29 is 5.11 Å². The van der Waals surface area contributed by atoms with Crippen LogP contribution in [0.5, 0.6) is 0 Å². The number of piperidine rings is 1. The first-order valence-electron chi connectivity index (χ1n) is 12.5. The molecule has 3 heterocycles. The summed E-state index contributed by atoms with van der Waals surface area (Å²) in [7, 11) is 0. The van der Waals surface area contributed by atoms with Crippen molar-refractivity contribution in [3.05, 3.63) is 56.2 Å². The molecule has 33 heavy (non-hydrogen) atoms. The zero-order valence-corrected chi connectivity index (χ0v) is 22.3. The maximum absolute atomic E-state index is 10.8. The van der Waals surface area contributed by atoms with Crippen molar-refractivity contribution in [1.82, 2.24) is 9.80 Å². The minimum absolute atomic E-state index is 0.466. The predicted octanol–water partition coefficient (Wildman–Crippen LogP) is 6.92. The summed E-state index contributed by atoms with van der Waals surface area (Å²) in [5, 5.41) is 16.8. The molecule has 2 saturated heterocycles. The van der Waals surface area contributed by atoms with E-state index in [2.05, 4.69) is 46.5 Å². The van der Waals surface area contributed by atoms with Gasteiger partial charge < -0.3 is 10.0 Å². The molecule has 2 atom stereocenters. The molecule has 182 valence electrons. The molecule has 1 N–H and O–H groups in total. The summed E-state index contributed by atoms with van der Waals surface area (Å²) < 4.78 is 0. The van der Waals surface area contributed by atoms with Gasteiger partial charge in [0.1, 0.15) is 0 Å². The average Bonchev–Trinajstić information content (AvgIpc) is 3.47. The first-order chi connectivity index (χ1) is 15.9. The lowest BCUT2D eigenvalue weighted by Gasteiger charge is -2.37. The summed E-state index contributed by atoms with van der Waals surface area (Å²) in [6.07, 6.45) is 5.11. The maximum atomic E-state index is 10.8. The lowest BCUT2D eigenvalue weighted by Crippen LogP contribution is -2.41. The number of halogens is 2. The van der Waals surface area contributed by atoms with Crippen molar-refractivity contribution in [2.75, 3.05) is 32.7 Å². The fourth-order valence-electron chi connectivity index (χ4n) is 5.81. The third kappa shape index (κ3) is 6.54. The smallest absolute Gasteiger partial charge is 0.0645 e. The van der Waals surface area contributed by atoms with Crippen molar-refractivity contribution in [1.29, 1.82) is 0 Å². The standard InChI is InChI=1S/C27H38Cl2N2OS/c1-3-27(32,4-2)14-20-7-10-30(11-8-20)16-23-17-31(18-25(23)22-9-12-33-19-22)15-21-5-6-24(28)13-26(21)29/h5-6,9,12-13,19-20,23,25,32H,3-4,7-8,10-11,14-18H2,1-2H3/t23?,25-/m1/s1. The van der Waals surface area contributed by atoms with Crippen LogP contribution in [0.1, 0.15) is 63.0 Å². The molecule has 0 saturated carbocycles. The Morgan fingerprint density at radius 3 is 2.45 bits per heavy atom. The van der Waals surface area contributed by atoms with Crippen molar-refractivity contribution in [3.63, 3.8) is 0 Å². The summed E-state index contributed by atoms with van der Waals surface area (Å²) >= 11 is 14.4. The van der Waals surface area contributed by atoms with Gasteiger partial charge >= 0.3 is 0 Å². The Morgan fingerprint density at radius 2 is 1.82 bits per heavy atom. The van der Waals surface area contributed by atoms with Crippen LogP contribution in [0.4, 0.5) is 0 Å². The molecule has 1 aromatic heterocycles. The highest BCUT2D eigenvalue weighted by molar-refractivity contribution is 7.08. The van der Waals surface area contributed by atoms with Gasteiger partial charge in [-0.15, -0.1) is 0 Å². The fourth-order valence-corrected chi connectivity index (χ4v) is 7.00. The molecule has 6 heteroatoms. The number of likely N-dealkylation sites (tertiary alicyclic amines) is 2. The average molecular weight is 510 g/mol. The van der Waals surface area contributed by atoms with E-state index in [0.29, 0.717) is 22.8 Å². The van der Waals surface area contributed by atoms with Gasteiger partial charge in [-0.1, -0.05) is 43.1 Å². The topological polar surface area (TPSA) is 26.7 Å². The molecule has 2 fully saturated rings. The Labute approximate surface area is 213 Å². The first kappa shape index (κ1) is 25.5. The van der Waals surface area contributed by atoms with Crippen LogP contribution in [-0.2, 0) is 6.54 Å². The number of benzene rings is 1. The number of rotatable bonds is 9. The highest BCUT2D eigenvalue weighted by Gasteiger charge is 2.36. The summed E-state index contributed by atoms with van der Waals surface area (Å²) in [5.41, 5.74) is 2.18. The summed E-state index contributed by atoms with van der Waals surface area (Å²) in [4.78, 5) is 5.24. The van der Waals surface area contributed by atoms with Gasteiger partial charge in [0.05, 0.1) is 5.60 Å². The highest BCUT2D eigenvalue weighted by Crippen LogP contribution is 2.37. The fraction of sp³-hybridized carbons (Fsp3) is 0.630. The second kappa shape index (κ2) is 11.4. The van der Waals surface area contributed by atoms with Crippen LogP contribution in [0.25, 0.3) is 0 Å². The molecular weight excluding hydrogens is 471 g/mol. The van der Waals surface area contributed by atoms with Crippen LogP contribution in [0, 0.1) is 11.8 Å². The summed E-state index contributed by atoms with van der Waals surface area (Å²) in [5.74, 6) is 1.86. The maximum Gasteiger partial charge on any atom is 0.0645 e. The van der Waals surface area contributed by atoms with Crippen LogP contribution in [-0.4, -0.2) is 53.2 Å². The quantitative estimate of drug-likeness (QED) is 0.397. The van der Waals surface area contributed by atoms with E-state index < -0.39 is 5.60 Å². The number of aliphatic hydroxyl groups is 1. The van der Waals surface area contributed by atoms with E-state index in [9.17, 15) is 5.11 Å². The van der Waals surface area contributed by atoms with Crippen LogP contribution in [0.15, 0.2) is 35.0 Å².